The SMILES string of the molecule is COC(=O)c1c(C(=O)OC)c(C(=O)OC)c(=Nc2c(C)cccc2C)oc(=Nc2c(C)cccc2C)c1C(=O)OC. The van der Waals surface area contributed by atoms with Crippen LogP contribution in [0, 0.1) is 27.7 Å². The normalized spacial score (nSPS) is 11.6. The van der Waals surface area contributed by atoms with Gasteiger partial charge in [-0.2, -0.15) is 0 Å². The van der Waals surface area contributed by atoms with Crippen LogP contribution in [0.2, 0.25) is 0 Å². The maximum atomic E-state index is 13.3. The van der Waals surface area contributed by atoms with Crippen molar-refractivity contribution >= 4 is 35.3 Å². The second kappa shape index (κ2) is 12.9. The van der Waals surface area contributed by atoms with Crippen molar-refractivity contribution in [1.29, 1.82) is 0 Å². The minimum atomic E-state index is -1.17. The molecule has 2 aromatic carbocycles. The van der Waals surface area contributed by atoms with Gasteiger partial charge >= 0.3 is 23.9 Å². The van der Waals surface area contributed by atoms with E-state index in [1.165, 1.54) is 0 Å². The molecule has 0 N–H and O–H groups in total. The topological polar surface area (TPSA) is 143 Å². The molecule has 0 aliphatic rings. The standard InChI is InChI=1S/C30H30N2O9/c1-15-11-9-12-16(2)23(15)31-25-21(29(35)39-7)19(27(33)37-5)20(28(34)38-6)22(30(36)40-8)26(41-25)32-24-17(3)13-10-14-18(24)4/h9-14H,1-8H3. The largest absolute Gasteiger partial charge is 0.465 e. The van der Waals surface area contributed by atoms with Gasteiger partial charge in [0.05, 0.1) is 50.9 Å². The molecule has 3 rings (SSSR count). The number of hydrogen-bond donors (Lipinski definition) is 0. The van der Waals surface area contributed by atoms with Gasteiger partial charge in [-0.15, -0.1) is 0 Å². The highest BCUT2D eigenvalue weighted by Crippen LogP contribution is 2.25. The van der Waals surface area contributed by atoms with E-state index in [2.05, 4.69) is 9.98 Å². The first kappa shape index (κ1) is 30.5. The van der Waals surface area contributed by atoms with Crippen LogP contribution >= 0.6 is 0 Å². The number of nitrogens with zero attached hydrogens (tertiary/aromatic N) is 2. The van der Waals surface area contributed by atoms with Gasteiger partial charge in [0.25, 0.3) is 0 Å². The summed E-state index contributed by atoms with van der Waals surface area (Å²) >= 11 is 0. The van der Waals surface area contributed by atoms with Crippen molar-refractivity contribution in [3.63, 3.8) is 0 Å². The molecule has 0 atom stereocenters. The summed E-state index contributed by atoms with van der Waals surface area (Å²) < 4.78 is 26.0. The number of hydrogen-bond acceptors (Lipinski definition) is 11. The highest BCUT2D eigenvalue weighted by molar-refractivity contribution is 6.14. The van der Waals surface area contributed by atoms with Gasteiger partial charge in [-0.05, 0) is 49.9 Å². The van der Waals surface area contributed by atoms with Crippen molar-refractivity contribution in [2.45, 2.75) is 27.7 Å². The van der Waals surface area contributed by atoms with Crippen LogP contribution < -0.4 is 11.1 Å². The molecule has 0 aliphatic carbocycles. The predicted molar refractivity (Wildman–Crippen MR) is 146 cm³/mol. The van der Waals surface area contributed by atoms with Crippen LogP contribution in [0.5, 0.6) is 0 Å². The zero-order valence-corrected chi connectivity index (χ0v) is 24.0. The molecule has 1 aromatic heterocycles. The molecule has 0 fully saturated rings. The van der Waals surface area contributed by atoms with Crippen LogP contribution in [0.25, 0.3) is 0 Å². The van der Waals surface area contributed by atoms with E-state index in [1.54, 1.807) is 52.0 Å². The first-order chi connectivity index (χ1) is 19.5. The lowest BCUT2D eigenvalue weighted by molar-refractivity contribution is 0.0522. The molecule has 0 amide bonds. The first-order valence-electron chi connectivity index (χ1n) is 12.3. The van der Waals surface area contributed by atoms with Crippen LogP contribution in [-0.4, -0.2) is 52.3 Å². The van der Waals surface area contributed by atoms with Crippen LogP contribution in [0.15, 0.2) is 50.8 Å². The third kappa shape index (κ3) is 6.08. The molecule has 0 saturated carbocycles. The number of esters is 4. The van der Waals surface area contributed by atoms with E-state index in [0.717, 1.165) is 28.4 Å². The minimum absolute atomic E-state index is 0.403. The Hall–Kier alpha value is -5.06. The van der Waals surface area contributed by atoms with Crippen molar-refractivity contribution < 1.29 is 42.5 Å². The fourth-order valence-electron chi connectivity index (χ4n) is 4.18. The summed E-state index contributed by atoms with van der Waals surface area (Å²) in [7, 11) is 4.22. The fraction of sp³-hybridized carbons (Fsp3) is 0.267. The van der Waals surface area contributed by atoms with Crippen molar-refractivity contribution in [3.05, 3.63) is 92.0 Å². The predicted octanol–water partition coefficient (Wildman–Crippen LogP) is 4.12. The number of rotatable bonds is 6. The molecule has 3 aromatic rings. The molecule has 41 heavy (non-hydrogen) atoms. The molecule has 0 radical (unpaired) electrons. The zero-order chi connectivity index (χ0) is 30.4. The Bertz CT molecular complexity index is 1540. The van der Waals surface area contributed by atoms with E-state index in [-0.39, 0.29) is 0 Å². The molecule has 0 saturated heterocycles. The van der Waals surface area contributed by atoms with Gasteiger partial charge in [0.2, 0.25) is 11.1 Å². The Morgan fingerprint density at radius 2 is 0.780 bits per heavy atom. The van der Waals surface area contributed by atoms with Crippen LogP contribution in [-0.2, 0) is 18.9 Å². The lowest BCUT2D eigenvalue weighted by Gasteiger charge is -2.09. The van der Waals surface area contributed by atoms with Gasteiger partial charge in [0.1, 0.15) is 11.1 Å². The van der Waals surface area contributed by atoms with Crippen LogP contribution in [0.4, 0.5) is 11.4 Å². The van der Waals surface area contributed by atoms with Crippen molar-refractivity contribution in [1.82, 2.24) is 0 Å². The van der Waals surface area contributed by atoms with Gasteiger partial charge in [0, 0.05) is 0 Å². The molecule has 11 heteroatoms. The number of carbonyl (C=O) groups is 4. The van der Waals surface area contributed by atoms with Gasteiger partial charge < -0.3 is 23.4 Å². The summed E-state index contributed by atoms with van der Waals surface area (Å²) in [6.45, 7) is 7.15. The molecule has 0 aliphatic heterocycles. The zero-order valence-electron chi connectivity index (χ0n) is 24.0. The first-order valence-corrected chi connectivity index (χ1v) is 12.3. The molecule has 0 unspecified atom stereocenters. The summed E-state index contributed by atoms with van der Waals surface area (Å²) in [6, 6.07) is 10.8. The molecular formula is C30H30N2O9. The summed E-state index contributed by atoms with van der Waals surface area (Å²) in [5.41, 5.74) is 0.154. The van der Waals surface area contributed by atoms with Gasteiger partial charge in [-0.1, -0.05) is 36.4 Å². The van der Waals surface area contributed by atoms with Crippen LogP contribution in [0.1, 0.15) is 63.7 Å². The summed E-state index contributed by atoms with van der Waals surface area (Å²) in [5.74, 6) is -4.54. The third-order valence-electron chi connectivity index (χ3n) is 6.23. The van der Waals surface area contributed by atoms with E-state index in [4.69, 9.17) is 23.4 Å². The van der Waals surface area contributed by atoms with Gasteiger partial charge in [0.15, 0.2) is 0 Å². The van der Waals surface area contributed by atoms with E-state index in [1.807, 2.05) is 12.1 Å². The molecule has 1 heterocycles. The number of ether oxygens (including phenoxy) is 4. The maximum absolute atomic E-state index is 13.3. The van der Waals surface area contributed by atoms with Crippen molar-refractivity contribution in [2.75, 3.05) is 28.4 Å². The fourth-order valence-corrected chi connectivity index (χ4v) is 4.18. The van der Waals surface area contributed by atoms with Gasteiger partial charge in [-0.3, -0.25) is 0 Å². The van der Waals surface area contributed by atoms with E-state index < -0.39 is 57.2 Å². The third-order valence-corrected chi connectivity index (χ3v) is 6.23. The lowest BCUT2D eigenvalue weighted by Crippen LogP contribution is -2.24. The Morgan fingerprint density at radius 1 is 0.512 bits per heavy atom. The summed E-state index contributed by atoms with van der Waals surface area (Å²) in [4.78, 5) is 62.4. The molecule has 0 bridgehead atoms. The maximum Gasteiger partial charge on any atom is 0.344 e. The monoisotopic (exact) mass is 562 g/mol. The second-order valence-electron chi connectivity index (χ2n) is 8.88. The van der Waals surface area contributed by atoms with Crippen molar-refractivity contribution in [2.24, 2.45) is 9.98 Å². The highest BCUT2D eigenvalue weighted by atomic mass is 16.5. The molecule has 0 spiro atoms. The number of para-hydroxylation sites is 2. The van der Waals surface area contributed by atoms with Crippen molar-refractivity contribution in [3.8, 4) is 0 Å². The Labute approximate surface area is 236 Å². The smallest absolute Gasteiger partial charge is 0.344 e. The van der Waals surface area contributed by atoms with Gasteiger partial charge in [-0.25, -0.2) is 29.2 Å². The molecule has 11 nitrogen and oxygen atoms in total. The minimum Gasteiger partial charge on any atom is -0.465 e. The van der Waals surface area contributed by atoms with Crippen LogP contribution in [0.3, 0.4) is 0 Å². The average molecular weight is 563 g/mol. The highest BCUT2D eigenvalue weighted by Gasteiger charge is 2.35. The van der Waals surface area contributed by atoms with E-state index in [9.17, 15) is 19.2 Å². The summed E-state index contributed by atoms with van der Waals surface area (Å²) in [6.07, 6.45) is 0. The van der Waals surface area contributed by atoms with E-state index in [0.29, 0.717) is 33.6 Å². The lowest BCUT2D eigenvalue weighted by atomic mass is 10.0. The van der Waals surface area contributed by atoms with E-state index >= 15 is 0 Å². The summed E-state index contributed by atoms with van der Waals surface area (Å²) in [5, 5.41) is 0. The molecular weight excluding hydrogens is 532 g/mol. The second-order valence-corrected chi connectivity index (χ2v) is 8.88. The Kier molecular flexibility index (Phi) is 9.56. The number of benzene rings is 2. The quantitative estimate of drug-likeness (QED) is 0.320. The number of methoxy groups -OCH3 is 4. The number of aryl methyl sites for hydroxylation is 4. The Morgan fingerprint density at radius 3 is 1.05 bits per heavy atom. The molecule has 214 valence electrons. The Balaban J connectivity index is 2.89. The average Bonchev–Trinajstić information content (AvgIpc) is 3.09. The number of carbonyl (C=O) groups excluding carboxylic acids is 4.